The van der Waals surface area contributed by atoms with Gasteiger partial charge in [0, 0.05) is 0 Å². The zero-order valence-corrected chi connectivity index (χ0v) is 24.0. The molecule has 2 aliphatic rings. The number of rotatable bonds is 4. The van der Waals surface area contributed by atoms with Gasteiger partial charge in [-0.1, -0.05) is 0 Å². The summed E-state index contributed by atoms with van der Waals surface area (Å²) in [6, 6.07) is 18.4. The van der Waals surface area contributed by atoms with E-state index in [1.165, 1.54) is 19.5 Å². The molecule has 4 heteroatoms. The molecule has 2 aliphatic carbocycles. The number of hydrogen-bond acceptors (Lipinski definition) is 0. The molecule has 0 aliphatic heterocycles. The summed E-state index contributed by atoms with van der Waals surface area (Å²) in [6.45, 7) is 12.3. The van der Waals surface area contributed by atoms with E-state index in [9.17, 15) is 0 Å². The first-order chi connectivity index (χ1) is 12.4. The zero-order chi connectivity index (χ0) is 18.6. The van der Waals surface area contributed by atoms with Crippen LogP contribution in [-0.2, 0) is 17.1 Å². The maximum atomic E-state index is 2.51. The molecule has 0 N–H and O–H groups in total. The van der Waals surface area contributed by atoms with Crippen LogP contribution < -0.4 is 0 Å². The Balaban J connectivity index is 0.00000140. The van der Waals surface area contributed by atoms with Crippen molar-refractivity contribution in [3.8, 4) is 0 Å². The molecule has 2 atom stereocenters. The van der Waals surface area contributed by atoms with Gasteiger partial charge in [0.1, 0.15) is 0 Å². The van der Waals surface area contributed by atoms with E-state index in [-0.39, 0.29) is 24.8 Å². The number of halogens is 2. The molecule has 0 amide bonds. The summed E-state index contributed by atoms with van der Waals surface area (Å²) in [5.74, 6) is 0. The van der Waals surface area contributed by atoms with Crippen molar-refractivity contribution >= 4 is 43.9 Å². The van der Waals surface area contributed by atoms with Crippen molar-refractivity contribution in [1.82, 2.24) is 0 Å². The monoisotopic (exact) mass is 598 g/mol. The predicted molar refractivity (Wildman–Crippen MR) is 130 cm³/mol. The Morgan fingerprint density at radius 3 is 1.43 bits per heavy atom. The molecule has 2 aromatic rings. The van der Waals surface area contributed by atoms with E-state index in [4.69, 9.17) is 0 Å². The molecule has 2 unspecified atom stereocenters. The fourth-order valence-electron chi connectivity index (χ4n) is 6.26. The van der Waals surface area contributed by atoms with Crippen molar-refractivity contribution in [3.63, 3.8) is 0 Å². The van der Waals surface area contributed by atoms with Crippen LogP contribution in [0.5, 0.6) is 0 Å². The van der Waals surface area contributed by atoms with Gasteiger partial charge < -0.3 is 0 Å². The SMILES string of the molecule is C[CH2][Hf](=[SiH2])([CH2]C)([CH]1C(C)=Cc2ccccc21)[CH]1C(C)=Cc2ccccc21.Cl.Cl. The Kier molecular flexibility index (Phi) is 7.14. The summed E-state index contributed by atoms with van der Waals surface area (Å²) < 4.78 is 4.16. The van der Waals surface area contributed by atoms with Gasteiger partial charge in [-0.2, -0.15) is 0 Å². The Labute approximate surface area is 185 Å². The summed E-state index contributed by atoms with van der Waals surface area (Å²) in [7, 11) is 0. The number of fused-ring (bicyclic) bond motifs is 2. The second-order valence-electron chi connectivity index (χ2n) is 8.75. The minimum absolute atomic E-state index is 0. The van der Waals surface area contributed by atoms with E-state index in [0.29, 0.717) is 7.35 Å². The minimum atomic E-state index is -3.41. The molecule has 2 aromatic carbocycles. The van der Waals surface area contributed by atoms with Crippen LogP contribution in [0.3, 0.4) is 0 Å². The third-order valence-corrected chi connectivity index (χ3v) is 52.3. The molecular weight excluding hydrogens is 566 g/mol. The van der Waals surface area contributed by atoms with Crippen molar-refractivity contribution in [2.45, 2.75) is 43.4 Å². The smallest absolute Gasteiger partial charge is 0.147 e. The van der Waals surface area contributed by atoms with Gasteiger partial charge in [-0.15, -0.1) is 24.8 Å². The standard InChI is InChI=1S/2C10H9.2C2H5.2ClH.Hf.H2Si/c2*1-8-6-9-4-2-3-5-10(9)7-8;2*1-2;;;;/h2*2-7H,1H3;2*1H2,2H3;2*1H;;1H2. The average Bonchev–Trinajstić information content (AvgIpc) is 3.17. The van der Waals surface area contributed by atoms with E-state index in [2.05, 4.69) is 95.3 Å². The van der Waals surface area contributed by atoms with Crippen LogP contribution >= 0.6 is 24.8 Å². The topological polar surface area (TPSA) is 0 Å². The summed E-state index contributed by atoms with van der Waals surface area (Å²) in [5, 5.41) is 0. The van der Waals surface area contributed by atoms with Gasteiger partial charge in [0.25, 0.3) is 0 Å². The van der Waals surface area contributed by atoms with Crippen molar-refractivity contribution in [2.24, 2.45) is 0 Å². The number of benzene rings is 2. The Morgan fingerprint density at radius 2 is 1.07 bits per heavy atom. The fraction of sp³-hybridized carbons (Fsp3) is 0.333. The second kappa shape index (κ2) is 8.38. The molecular formula is C24H32Cl2HfSi. The third kappa shape index (κ3) is 3.19. The first kappa shape index (κ1) is 23.9. The van der Waals surface area contributed by atoms with Gasteiger partial charge >= 0.3 is 162 Å². The van der Waals surface area contributed by atoms with E-state index in [0.717, 1.165) is 0 Å². The molecule has 0 saturated heterocycles. The number of hydrogen-bond donors (Lipinski definition) is 0. The van der Waals surface area contributed by atoms with Gasteiger partial charge in [-0.05, 0) is 0 Å². The van der Waals surface area contributed by atoms with Gasteiger partial charge in [-0.3, -0.25) is 0 Å². The second-order valence-corrected chi connectivity index (χ2v) is 48.2. The van der Waals surface area contributed by atoms with Crippen molar-refractivity contribution in [1.29, 1.82) is 0 Å². The van der Waals surface area contributed by atoms with Gasteiger partial charge in [0.05, 0.1) is 0 Å². The molecule has 0 radical (unpaired) electrons. The van der Waals surface area contributed by atoms with Crippen molar-refractivity contribution < 1.29 is 17.1 Å². The van der Waals surface area contributed by atoms with E-state index < -0.39 is 17.1 Å². The first-order valence-corrected chi connectivity index (χ1v) is 27.6. The van der Waals surface area contributed by atoms with Crippen LogP contribution in [0.2, 0.25) is 8.35 Å². The number of allylic oxidation sites excluding steroid dienone is 2. The van der Waals surface area contributed by atoms with Gasteiger partial charge in [0.2, 0.25) is 0 Å². The molecule has 150 valence electrons. The van der Waals surface area contributed by atoms with Crippen LogP contribution in [0.25, 0.3) is 12.2 Å². The molecule has 0 saturated carbocycles. The molecule has 0 spiro atoms. The Bertz CT molecular complexity index is 937. The molecule has 28 heavy (non-hydrogen) atoms. The van der Waals surface area contributed by atoms with Crippen LogP contribution in [-0.4, -0.2) is 6.94 Å². The van der Waals surface area contributed by atoms with E-state index >= 15 is 0 Å². The molecule has 0 nitrogen and oxygen atoms in total. The minimum Gasteiger partial charge on any atom is -0.147 e. The summed E-state index contributed by atoms with van der Waals surface area (Å²) >= 11 is -3.41. The van der Waals surface area contributed by atoms with Crippen molar-refractivity contribution in [3.05, 3.63) is 81.9 Å². The molecule has 0 fully saturated rings. The molecule has 0 heterocycles. The zero-order valence-electron chi connectivity index (χ0n) is 17.4. The van der Waals surface area contributed by atoms with E-state index in [1.807, 2.05) is 0 Å². The Morgan fingerprint density at radius 1 is 0.714 bits per heavy atom. The van der Waals surface area contributed by atoms with Gasteiger partial charge in [0.15, 0.2) is 0 Å². The predicted octanol–water partition coefficient (Wildman–Crippen LogP) is 7.26. The maximum Gasteiger partial charge on any atom is -0.147 e. The first-order valence-electron chi connectivity index (χ1n) is 10.0. The van der Waals surface area contributed by atoms with Crippen LogP contribution in [0.15, 0.2) is 59.7 Å². The van der Waals surface area contributed by atoms with E-state index in [1.54, 1.807) is 22.3 Å². The van der Waals surface area contributed by atoms with Crippen LogP contribution in [0, 0.1) is 0 Å². The van der Waals surface area contributed by atoms with Gasteiger partial charge in [-0.25, -0.2) is 0 Å². The average molecular weight is 598 g/mol. The quantitative estimate of drug-likeness (QED) is 0.326. The molecule has 0 aromatic heterocycles. The molecule has 0 bridgehead atoms. The van der Waals surface area contributed by atoms with Crippen LogP contribution in [0.1, 0.15) is 57.3 Å². The summed E-state index contributed by atoms with van der Waals surface area (Å²) in [5.41, 5.74) is 9.43. The van der Waals surface area contributed by atoms with Crippen LogP contribution in [0.4, 0.5) is 0 Å². The molecule has 4 rings (SSSR count). The fourth-order valence-corrected chi connectivity index (χ4v) is 41.3. The van der Waals surface area contributed by atoms with Crippen molar-refractivity contribution in [2.75, 3.05) is 0 Å². The normalized spacial score (nSPS) is 20.3. The Hall–Kier alpha value is -0.413. The summed E-state index contributed by atoms with van der Waals surface area (Å²) in [6.07, 6.45) is 4.96. The third-order valence-electron chi connectivity index (χ3n) is 7.67. The maximum absolute atomic E-state index is 3.41. The largest absolute Gasteiger partial charge is 0.147 e. The summed E-state index contributed by atoms with van der Waals surface area (Å²) in [4.78, 5) is 0.